The van der Waals surface area contributed by atoms with E-state index in [0.717, 1.165) is 10.8 Å². The zero-order valence-electron chi connectivity index (χ0n) is 12.9. The van der Waals surface area contributed by atoms with E-state index < -0.39 is 10.8 Å². The predicted molar refractivity (Wildman–Crippen MR) is 93.8 cm³/mol. The Morgan fingerprint density at radius 3 is 2.36 bits per heavy atom. The van der Waals surface area contributed by atoms with Crippen LogP contribution in [0.15, 0.2) is 65.8 Å². The van der Waals surface area contributed by atoms with Crippen molar-refractivity contribution in [3.8, 4) is 5.75 Å². The van der Waals surface area contributed by atoms with Crippen LogP contribution in [-0.4, -0.2) is 22.2 Å². The van der Waals surface area contributed by atoms with Crippen molar-refractivity contribution in [1.29, 1.82) is 0 Å². The van der Waals surface area contributed by atoms with Gasteiger partial charge >= 0.3 is 0 Å². The molecular formula is C18H13N3O4. The highest BCUT2D eigenvalue weighted by Crippen LogP contribution is 2.24. The normalized spacial score (nSPS) is 10.9. The van der Waals surface area contributed by atoms with E-state index in [0.29, 0.717) is 5.56 Å². The Bertz CT molecular complexity index is 981. The third kappa shape index (κ3) is 3.61. The van der Waals surface area contributed by atoms with Crippen molar-refractivity contribution in [2.24, 2.45) is 5.10 Å². The summed E-state index contributed by atoms with van der Waals surface area (Å²) in [6.45, 7) is 0. The topological polar surface area (TPSA) is 105 Å². The maximum atomic E-state index is 12.2. The van der Waals surface area contributed by atoms with Gasteiger partial charge < -0.3 is 5.11 Å². The van der Waals surface area contributed by atoms with Crippen LogP contribution in [0.25, 0.3) is 10.8 Å². The van der Waals surface area contributed by atoms with Crippen LogP contribution in [-0.2, 0) is 0 Å². The van der Waals surface area contributed by atoms with E-state index in [1.807, 2.05) is 24.3 Å². The molecule has 124 valence electrons. The number of phenolic OH excluding ortho intramolecular Hbond substituents is 1. The molecule has 3 rings (SSSR count). The SMILES string of the molecule is O=C(N/N=C\c1ccc([N+](=O)[O-])cc1)c1cc2ccccc2cc1O. The second-order valence-corrected chi connectivity index (χ2v) is 5.26. The van der Waals surface area contributed by atoms with E-state index in [-0.39, 0.29) is 17.0 Å². The van der Waals surface area contributed by atoms with Crippen LogP contribution in [0.3, 0.4) is 0 Å². The first-order chi connectivity index (χ1) is 12.0. The van der Waals surface area contributed by atoms with Gasteiger partial charge in [0.15, 0.2) is 0 Å². The third-order valence-electron chi connectivity index (χ3n) is 3.59. The highest BCUT2D eigenvalue weighted by molar-refractivity contribution is 6.01. The smallest absolute Gasteiger partial charge is 0.275 e. The highest BCUT2D eigenvalue weighted by atomic mass is 16.6. The lowest BCUT2D eigenvalue weighted by atomic mass is 10.1. The molecule has 0 bridgehead atoms. The molecule has 0 aliphatic heterocycles. The number of aromatic hydroxyl groups is 1. The number of rotatable bonds is 4. The Morgan fingerprint density at radius 1 is 1.08 bits per heavy atom. The second kappa shape index (κ2) is 6.79. The summed E-state index contributed by atoms with van der Waals surface area (Å²) in [5.74, 6) is -0.692. The molecule has 0 aliphatic rings. The van der Waals surface area contributed by atoms with Crippen LogP contribution in [0.4, 0.5) is 5.69 Å². The Morgan fingerprint density at radius 2 is 1.72 bits per heavy atom. The van der Waals surface area contributed by atoms with E-state index in [1.165, 1.54) is 36.5 Å². The van der Waals surface area contributed by atoms with Crippen LogP contribution < -0.4 is 5.43 Å². The number of amides is 1. The van der Waals surface area contributed by atoms with E-state index in [2.05, 4.69) is 10.5 Å². The van der Waals surface area contributed by atoms with Crippen molar-refractivity contribution in [1.82, 2.24) is 5.43 Å². The number of nitro benzene ring substituents is 1. The number of benzene rings is 3. The van der Waals surface area contributed by atoms with Crippen molar-refractivity contribution in [3.63, 3.8) is 0 Å². The number of carbonyl (C=O) groups is 1. The molecule has 0 heterocycles. The van der Waals surface area contributed by atoms with Gasteiger partial charge in [-0.05, 0) is 40.6 Å². The van der Waals surface area contributed by atoms with Gasteiger partial charge in [0.2, 0.25) is 0 Å². The minimum atomic E-state index is -0.554. The van der Waals surface area contributed by atoms with Gasteiger partial charge in [-0.2, -0.15) is 5.10 Å². The van der Waals surface area contributed by atoms with Crippen molar-refractivity contribution in [3.05, 3.63) is 81.9 Å². The van der Waals surface area contributed by atoms with E-state index in [9.17, 15) is 20.0 Å². The fraction of sp³-hybridized carbons (Fsp3) is 0. The van der Waals surface area contributed by atoms with Gasteiger partial charge in [-0.15, -0.1) is 0 Å². The zero-order valence-corrected chi connectivity index (χ0v) is 12.9. The molecule has 0 aromatic heterocycles. The average molecular weight is 335 g/mol. The predicted octanol–water partition coefficient (Wildman–Crippen LogP) is 3.22. The summed E-state index contributed by atoms with van der Waals surface area (Å²) in [7, 11) is 0. The average Bonchev–Trinajstić information content (AvgIpc) is 2.61. The first-order valence-electron chi connectivity index (χ1n) is 7.34. The quantitative estimate of drug-likeness (QED) is 0.434. The Kier molecular flexibility index (Phi) is 4.38. The first-order valence-corrected chi connectivity index (χ1v) is 7.34. The van der Waals surface area contributed by atoms with Crippen molar-refractivity contribution in [2.75, 3.05) is 0 Å². The molecule has 3 aromatic carbocycles. The molecule has 0 fully saturated rings. The van der Waals surface area contributed by atoms with Gasteiger partial charge in [-0.1, -0.05) is 24.3 Å². The van der Waals surface area contributed by atoms with Crippen molar-refractivity contribution in [2.45, 2.75) is 0 Å². The van der Waals surface area contributed by atoms with E-state index in [4.69, 9.17) is 0 Å². The van der Waals surface area contributed by atoms with E-state index >= 15 is 0 Å². The number of phenols is 1. The molecule has 7 heteroatoms. The fourth-order valence-corrected chi connectivity index (χ4v) is 2.32. The molecule has 0 spiro atoms. The summed E-state index contributed by atoms with van der Waals surface area (Å²) >= 11 is 0. The number of hydrogen-bond acceptors (Lipinski definition) is 5. The molecule has 0 atom stereocenters. The summed E-state index contributed by atoms with van der Waals surface area (Å²) in [6.07, 6.45) is 1.36. The molecule has 2 N–H and O–H groups in total. The summed E-state index contributed by atoms with van der Waals surface area (Å²) in [6, 6.07) is 16.2. The highest BCUT2D eigenvalue weighted by Gasteiger charge is 2.11. The monoisotopic (exact) mass is 335 g/mol. The van der Waals surface area contributed by atoms with Gasteiger partial charge in [0, 0.05) is 12.1 Å². The van der Waals surface area contributed by atoms with Gasteiger partial charge in [0.25, 0.3) is 11.6 Å². The molecule has 0 saturated heterocycles. The molecule has 0 unspecified atom stereocenters. The molecule has 1 amide bonds. The molecule has 7 nitrogen and oxygen atoms in total. The maximum Gasteiger partial charge on any atom is 0.275 e. The number of hydrazone groups is 1. The lowest BCUT2D eigenvalue weighted by Gasteiger charge is -2.05. The van der Waals surface area contributed by atoms with Gasteiger partial charge in [-0.3, -0.25) is 14.9 Å². The zero-order chi connectivity index (χ0) is 17.8. The number of non-ortho nitro benzene ring substituents is 1. The fourth-order valence-electron chi connectivity index (χ4n) is 2.32. The summed E-state index contributed by atoms with van der Waals surface area (Å²) in [4.78, 5) is 22.3. The number of nitrogens with zero attached hydrogens (tertiary/aromatic N) is 2. The number of fused-ring (bicyclic) bond motifs is 1. The summed E-state index contributed by atoms with van der Waals surface area (Å²) in [5.41, 5.74) is 3.00. The van der Waals surface area contributed by atoms with E-state index in [1.54, 1.807) is 6.07 Å². The second-order valence-electron chi connectivity index (χ2n) is 5.26. The van der Waals surface area contributed by atoms with Crippen LogP contribution in [0, 0.1) is 10.1 Å². The van der Waals surface area contributed by atoms with Crippen LogP contribution in [0.5, 0.6) is 5.75 Å². The molecular weight excluding hydrogens is 322 g/mol. The first kappa shape index (κ1) is 16.1. The van der Waals surface area contributed by atoms with Crippen molar-refractivity contribution >= 4 is 28.6 Å². The summed E-state index contributed by atoms with van der Waals surface area (Å²) < 4.78 is 0. The maximum absolute atomic E-state index is 12.2. The Balaban J connectivity index is 1.74. The van der Waals surface area contributed by atoms with Crippen LogP contribution in [0.1, 0.15) is 15.9 Å². The number of nitrogens with one attached hydrogen (secondary N) is 1. The van der Waals surface area contributed by atoms with Gasteiger partial charge in [-0.25, -0.2) is 5.43 Å². The minimum absolute atomic E-state index is 0.0257. The Labute approximate surface area is 142 Å². The largest absolute Gasteiger partial charge is 0.507 e. The van der Waals surface area contributed by atoms with Crippen molar-refractivity contribution < 1.29 is 14.8 Å². The van der Waals surface area contributed by atoms with Crippen LogP contribution >= 0.6 is 0 Å². The summed E-state index contributed by atoms with van der Waals surface area (Å²) in [5, 5.41) is 26.0. The minimum Gasteiger partial charge on any atom is -0.507 e. The number of carbonyl (C=O) groups excluding carboxylic acids is 1. The molecule has 0 saturated carbocycles. The molecule has 0 radical (unpaired) electrons. The lowest BCUT2D eigenvalue weighted by Crippen LogP contribution is -2.17. The Hall–Kier alpha value is -3.74. The number of hydrogen-bond donors (Lipinski definition) is 2. The standard InChI is InChI=1S/C18H13N3O4/c22-17-10-14-4-2-1-3-13(14)9-16(17)18(23)20-19-11-12-5-7-15(8-6-12)21(24)25/h1-11,22H,(H,20,23)/b19-11-. The number of nitro groups is 1. The molecule has 3 aromatic rings. The molecule has 25 heavy (non-hydrogen) atoms. The third-order valence-corrected chi connectivity index (χ3v) is 3.59. The van der Waals surface area contributed by atoms with Gasteiger partial charge in [0.1, 0.15) is 5.75 Å². The van der Waals surface area contributed by atoms with Crippen LogP contribution in [0.2, 0.25) is 0 Å². The van der Waals surface area contributed by atoms with Gasteiger partial charge in [0.05, 0.1) is 16.7 Å². The lowest BCUT2D eigenvalue weighted by molar-refractivity contribution is -0.384. The molecule has 0 aliphatic carbocycles.